The van der Waals surface area contributed by atoms with Crippen molar-refractivity contribution in [2.24, 2.45) is 4.99 Å². The van der Waals surface area contributed by atoms with Crippen molar-refractivity contribution in [3.05, 3.63) is 109 Å². The van der Waals surface area contributed by atoms with E-state index in [1.54, 1.807) is 18.4 Å². The molecule has 0 saturated carbocycles. The third-order valence-electron chi connectivity index (χ3n) is 3.49. The summed E-state index contributed by atoms with van der Waals surface area (Å²) in [4.78, 5) is 4.55. The van der Waals surface area contributed by atoms with Gasteiger partial charge < -0.3 is 9.47 Å². The third kappa shape index (κ3) is 5.21. The van der Waals surface area contributed by atoms with E-state index in [-0.39, 0.29) is 0 Å². The molecule has 0 unspecified atom stereocenters. The number of ether oxygens (including phenoxy) is 2. The van der Waals surface area contributed by atoms with Gasteiger partial charge in [0.05, 0.1) is 11.9 Å². The van der Waals surface area contributed by atoms with Crippen molar-refractivity contribution in [3.63, 3.8) is 0 Å². The van der Waals surface area contributed by atoms with Crippen LogP contribution in [0.3, 0.4) is 0 Å². The number of aliphatic imine (C=N–C) groups is 1. The minimum absolute atomic E-state index is 0.429. The fourth-order valence-electron chi connectivity index (χ4n) is 2.19. The summed E-state index contributed by atoms with van der Waals surface area (Å²) < 4.78 is 11.5. The molecule has 0 saturated heterocycles. The Morgan fingerprint density at radius 1 is 0.769 bits per heavy atom. The maximum Gasteiger partial charge on any atom is 0.222 e. The Balaban J connectivity index is 1.80. The molecule has 128 valence electrons. The standard InChI is InChI=1S/C23H19NO2/c1-2-19-13-15-20(16-14-19)24-23(26-22-11-7-4-8-12-22)17-18-25-21-9-5-3-6-10-21/h2-18H,1H2. The van der Waals surface area contributed by atoms with E-state index in [1.165, 1.54) is 0 Å². The highest BCUT2D eigenvalue weighted by molar-refractivity contribution is 5.91. The van der Waals surface area contributed by atoms with Crippen LogP contribution in [0.1, 0.15) is 5.56 Å². The molecule has 3 aromatic carbocycles. The second kappa shape index (κ2) is 9.04. The van der Waals surface area contributed by atoms with Crippen LogP contribution >= 0.6 is 0 Å². The molecular formula is C23H19NO2. The summed E-state index contributed by atoms with van der Waals surface area (Å²) >= 11 is 0. The fraction of sp³-hybridized carbons (Fsp3) is 0. The predicted molar refractivity (Wildman–Crippen MR) is 107 cm³/mol. The average Bonchev–Trinajstić information content (AvgIpc) is 2.70. The lowest BCUT2D eigenvalue weighted by Crippen LogP contribution is -2.05. The summed E-state index contributed by atoms with van der Waals surface area (Å²) in [6.07, 6.45) is 5.05. The minimum atomic E-state index is 0.429. The Labute approximate surface area is 153 Å². The molecule has 0 radical (unpaired) electrons. The highest BCUT2D eigenvalue weighted by atomic mass is 16.5. The first-order valence-electron chi connectivity index (χ1n) is 8.26. The van der Waals surface area contributed by atoms with Gasteiger partial charge in [-0.15, -0.1) is 0 Å². The smallest absolute Gasteiger partial charge is 0.222 e. The van der Waals surface area contributed by atoms with Crippen LogP contribution in [0.2, 0.25) is 0 Å². The van der Waals surface area contributed by atoms with Crippen molar-refractivity contribution in [1.29, 1.82) is 0 Å². The van der Waals surface area contributed by atoms with Gasteiger partial charge in [0.25, 0.3) is 0 Å². The number of benzene rings is 3. The molecule has 0 aliphatic carbocycles. The average molecular weight is 341 g/mol. The maximum atomic E-state index is 5.88. The van der Waals surface area contributed by atoms with E-state index in [0.29, 0.717) is 11.6 Å². The quantitative estimate of drug-likeness (QED) is 0.311. The summed E-state index contributed by atoms with van der Waals surface area (Å²) in [7, 11) is 0. The number of rotatable bonds is 6. The first-order valence-corrected chi connectivity index (χ1v) is 8.26. The molecule has 0 spiro atoms. The van der Waals surface area contributed by atoms with Crippen molar-refractivity contribution in [3.8, 4) is 11.5 Å². The first-order chi connectivity index (χ1) is 12.8. The molecule has 0 atom stereocenters. The van der Waals surface area contributed by atoms with Crippen LogP contribution < -0.4 is 9.47 Å². The van der Waals surface area contributed by atoms with E-state index in [9.17, 15) is 0 Å². The van der Waals surface area contributed by atoms with E-state index in [1.807, 2.05) is 84.9 Å². The van der Waals surface area contributed by atoms with Gasteiger partial charge in [-0.3, -0.25) is 0 Å². The summed E-state index contributed by atoms with van der Waals surface area (Å²) in [6.45, 7) is 3.76. The zero-order valence-corrected chi connectivity index (χ0v) is 14.3. The molecule has 3 rings (SSSR count). The van der Waals surface area contributed by atoms with Crippen LogP contribution in [0, 0.1) is 0 Å². The number of nitrogens with zero attached hydrogens (tertiary/aromatic N) is 1. The molecule has 0 bridgehead atoms. The Morgan fingerprint density at radius 2 is 1.38 bits per heavy atom. The molecule has 3 heteroatoms. The molecule has 0 aliphatic heterocycles. The highest BCUT2D eigenvalue weighted by Gasteiger charge is 2.01. The molecule has 3 nitrogen and oxygen atoms in total. The van der Waals surface area contributed by atoms with Crippen LogP contribution in [0.4, 0.5) is 5.69 Å². The second-order valence-corrected chi connectivity index (χ2v) is 5.39. The predicted octanol–water partition coefficient (Wildman–Crippen LogP) is 6.03. The maximum absolute atomic E-state index is 5.88. The summed E-state index contributed by atoms with van der Waals surface area (Å²) in [5, 5.41) is 0. The van der Waals surface area contributed by atoms with Gasteiger partial charge in [0.15, 0.2) is 0 Å². The van der Waals surface area contributed by atoms with Crippen LogP contribution in [0.25, 0.3) is 6.08 Å². The summed E-state index contributed by atoms with van der Waals surface area (Å²) in [5.41, 5.74) is 1.82. The Bertz CT molecular complexity index is 883. The monoisotopic (exact) mass is 341 g/mol. The van der Waals surface area contributed by atoms with E-state index in [0.717, 1.165) is 17.0 Å². The Kier molecular flexibility index (Phi) is 5.99. The van der Waals surface area contributed by atoms with Crippen LogP contribution in [0.5, 0.6) is 11.5 Å². The second-order valence-electron chi connectivity index (χ2n) is 5.39. The largest absolute Gasteiger partial charge is 0.465 e. The molecule has 0 fully saturated rings. The van der Waals surface area contributed by atoms with Crippen LogP contribution in [-0.2, 0) is 0 Å². The molecule has 0 aliphatic rings. The Hall–Kier alpha value is -3.59. The van der Waals surface area contributed by atoms with Gasteiger partial charge in [0.1, 0.15) is 11.5 Å². The van der Waals surface area contributed by atoms with Crippen molar-refractivity contribution in [1.82, 2.24) is 0 Å². The van der Waals surface area contributed by atoms with Gasteiger partial charge in [0.2, 0.25) is 5.90 Å². The van der Waals surface area contributed by atoms with Crippen molar-refractivity contribution in [2.75, 3.05) is 0 Å². The number of para-hydroxylation sites is 2. The van der Waals surface area contributed by atoms with Crippen molar-refractivity contribution in [2.45, 2.75) is 0 Å². The fourth-order valence-corrected chi connectivity index (χ4v) is 2.19. The molecular weight excluding hydrogens is 322 g/mol. The van der Waals surface area contributed by atoms with Gasteiger partial charge >= 0.3 is 0 Å². The van der Waals surface area contributed by atoms with Crippen molar-refractivity contribution < 1.29 is 9.47 Å². The number of hydrogen-bond acceptors (Lipinski definition) is 3. The zero-order chi connectivity index (χ0) is 18.0. The van der Waals surface area contributed by atoms with Gasteiger partial charge in [0, 0.05) is 6.08 Å². The van der Waals surface area contributed by atoms with E-state index >= 15 is 0 Å². The van der Waals surface area contributed by atoms with Gasteiger partial charge in [-0.2, -0.15) is 0 Å². The SMILES string of the molecule is C=Cc1ccc(N=C(C=COc2ccccc2)Oc2ccccc2)cc1. The number of hydrogen-bond donors (Lipinski definition) is 0. The molecule has 0 aromatic heterocycles. The topological polar surface area (TPSA) is 30.8 Å². The lowest BCUT2D eigenvalue weighted by Gasteiger charge is -2.06. The van der Waals surface area contributed by atoms with E-state index in [4.69, 9.17) is 9.47 Å². The van der Waals surface area contributed by atoms with Crippen LogP contribution in [-0.4, -0.2) is 5.90 Å². The normalized spacial score (nSPS) is 11.3. The van der Waals surface area contributed by atoms with Gasteiger partial charge in [-0.1, -0.05) is 61.2 Å². The molecule has 0 N–H and O–H groups in total. The van der Waals surface area contributed by atoms with Gasteiger partial charge in [-0.25, -0.2) is 4.99 Å². The first kappa shape index (κ1) is 17.2. The Morgan fingerprint density at radius 3 is 2.00 bits per heavy atom. The highest BCUT2D eigenvalue weighted by Crippen LogP contribution is 2.17. The van der Waals surface area contributed by atoms with Crippen molar-refractivity contribution >= 4 is 17.7 Å². The molecule has 26 heavy (non-hydrogen) atoms. The molecule has 3 aromatic rings. The zero-order valence-electron chi connectivity index (χ0n) is 14.3. The van der Waals surface area contributed by atoms with E-state index in [2.05, 4.69) is 11.6 Å². The lowest BCUT2D eigenvalue weighted by molar-refractivity contribution is 0.479. The molecule has 0 amide bonds. The molecule has 0 heterocycles. The third-order valence-corrected chi connectivity index (χ3v) is 3.49. The lowest BCUT2D eigenvalue weighted by atomic mass is 10.2. The summed E-state index contributed by atoms with van der Waals surface area (Å²) in [5.74, 6) is 1.88. The van der Waals surface area contributed by atoms with Crippen LogP contribution in [0.15, 0.2) is 109 Å². The summed E-state index contributed by atoms with van der Waals surface area (Å²) in [6, 6.07) is 26.8. The van der Waals surface area contributed by atoms with Gasteiger partial charge in [-0.05, 0) is 42.0 Å². The minimum Gasteiger partial charge on any atom is -0.465 e. The van der Waals surface area contributed by atoms with E-state index < -0.39 is 0 Å².